The molecule has 2 aliphatic heterocycles. The van der Waals surface area contributed by atoms with Crippen molar-refractivity contribution in [2.45, 2.75) is 52.9 Å². The lowest BCUT2D eigenvalue weighted by molar-refractivity contribution is -0.140. The molecule has 0 radical (unpaired) electrons. The van der Waals surface area contributed by atoms with Crippen LogP contribution in [-0.2, 0) is 32.2 Å². The molecule has 0 aromatic heterocycles. The van der Waals surface area contributed by atoms with Crippen LogP contribution in [0.3, 0.4) is 0 Å². The number of nitrogens with zero attached hydrogens (tertiary/aromatic N) is 2. The lowest BCUT2D eigenvalue weighted by atomic mass is 9.94. The predicted molar refractivity (Wildman–Crippen MR) is 204 cm³/mol. The number of benzene rings is 4. The second-order valence-electron chi connectivity index (χ2n) is 12.8. The molecule has 2 aliphatic rings. The molecule has 0 fully saturated rings. The van der Waals surface area contributed by atoms with Crippen molar-refractivity contribution in [1.82, 2.24) is 20.4 Å². The molecule has 0 aliphatic carbocycles. The summed E-state index contributed by atoms with van der Waals surface area (Å²) in [6.07, 6.45) is 0. The third kappa shape index (κ3) is 8.49. The van der Waals surface area contributed by atoms with Crippen LogP contribution in [0.1, 0.15) is 62.0 Å². The Bertz CT molecular complexity index is 1950. The van der Waals surface area contributed by atoms with Gasteiger partial charge in [0.1, 0.15) is 11.5 Å². The van der Waals surface area contributed by atoms with Gasteiger partial charge < -0.3 is 29.6 Å². The maximum atomic E-state index is 13.6. The molecule has 2 atom stereocenters. The van der Waals surface area contributed by atoms with Crippen molar-refractivity contribution in [3.05, 3.63) is 154 Å². The van der Waals surface area contributed by atoms with Gasteiger partial charge >= 0.3 is 24.0 Å². The molecule has 12 nitrogen and oxygen atoms in total. The van der Waals surface area contributed by atoms with Crippen LogP contribution >= 0.6 is 0 Å². The lowest BCUT2D eigenvalue weighted by Crippen LogP contribution is -2.47. The summed E-state index contributed by atoms with van der Waals surface area (Å²) in [5.41, 5.74) is 4.34. The number of allylic oxidation sites excluding steroid dienone is 2. The zero-order chi connectivity index (χ0) is 38.9. The molecule has 0 spiro atoms. The Kier molecular flexibility index (Phi) is 12.2. The highest BCUT2D eigenvalue weighted by molar-refractivity contribution is 5.96. The highest BCUT2D eigenvalue weighted by Crippen LogP contribution is 2.38. The average Bonchev–Trinajstić information content (AvgIpc) is 3.19. The van der Waals surface area contributed by atoms with E-state index in [0.29, 0.717) is 34.0 Å². The minimum absolute atomic E-state index is 0.152. The fraction of sp³-hybridized carbons (Fsp3) is 0.256. The average molecular weight is 745 g/mol. The number of urea groups is 2. The molecule has 0 saturated heterocycles. The molecule has 4 amide bonds. The Labute approximate surface area is 320 Å². The molecule has 284 valence electrons. The van der Waals surface area contributed by atoms with Crippen molar-refractivity contribution in [1.29, 1.82) is 0 Å². The molecule has 2 N–H and O–H groups in total. The standard InChI is InChI=1S/C43H44N4O8/c1-5-52-40(48)36-28(3)46(25-30-17-9-7-10-18-30)42(50)44-38(36)32-21-13-15-23-34(32)54-27-55-35-24-16-14-22-33(35)39-37(41(49)53-6-2)29(4)47(43(51)45-39)26-31-19-11-8-12-20-31/h7-24,38-39H,5-6,25-27H2,1-4H3,(H,44,50)(H,45,51). The Balaban J connectivity index is 1.26. The van der Waals surface area contributed by atoms with Crippen LogP contribution in [0.15, 0.2) is 132 Å². The Morgan fingerprint density at radius 3 is 1.31 bits per heavy atom. The summed E-state index contributed by atoms with van der Waals surface area (Å²) in [6, 6.07) is 30.6. The van der Waals surface area contributed by atoms with Gasteiger partial charge in [0.25, 0.3) is 0 Å². The SMILES string of the molecule is CCOC(=O)C1=C(C)N(Cc2ccccc2)C(=O)NC1c1ccccc1OCOc1ccccc1C1NC(=O)N(Cc2ccccc2)C(C)=C1C(=O)OCC. The number of amides is 4. The third-order valence-corrected chi connectivity index (χ3v) is 9.44. The highest BCUT2D eigenvalue weighted by Gasteiger charge is 2.39. The van der Waals surface area contributed by atoms with Gasteiger partial charge in [-0.05, 0) is 51.0 Å². The molecule has 4 aromatic carbocycles. The normalized spacial score (nSPS) is 17.0. The highest BCUT2D eigenvalue weighted by atomic mass is 16.7. The first kappa shape index (κ1) is 38.2. The summed E-state index contributed by atoms with van der Waals surface area (Å²) in [6.45, 7) is 7.46. The number of esters is 2. The van der Waals surface area contributed by atoms with Crippen molar-refractivity contribution in [3.8, 4) is 11.5 Å². The monoisotopic (exact) mass is 744 g/mol. The molecule has 55 heavy (non-hydrogen) atoms. The summed E-state index contributed by atoms with van der Waals surface area (Å²) in [5.74, 6) is -0.384. The zero-order valence-electron chi connectivity index (χ0n) is 31.2. The Hall–Kier alpha value is -6.56. The summed E-state index contributed by atoms with van der Waals surface area (Å²) in [5, 5.41) is 5.98. The number of hydrogen-bond donors (Lipinski definition) is 2. The fourth-order valence-electron chi connectivity index (χ4n) is 6.75. The van der Waals surface area contributed by atoms with Gasteiger partial charge in [0.2, 0.25) is 6.79 Å². The van der Waals surface area contributed by atoms with Crippen LogP contribution in [0, 0.1) is 0 Å². The topological polar surface area (TPSA) is 136 Å². The third-order valence-electron chi connectivity index (χ3n) is 9.44. The number of carbonyl (C=O) groups is 4. The summed E-state index contributed by atoms with van der Waals surface area (Å²) < 4.78 is 23.3. The number of ether oxygens (including phenoxy) is 4. The molecular weight excluding hydrogens is 700 g/mol. The molecule has 0 bridgehead atoms. The predicted octanol–water partition coefficient (Wildman–Crippen LogP) is 7.31. The molecule has 4 aromatic rings. The summed E-state index contributed by atoms with van der Waals surface area (Å²) >= 11 is 0. The number of carbonyl (C=O) groups excluding carboxylic acids is 4. The number of hydrogen-bond acceptors (Lipinski definition) is 8. The van der Waals surface area contributed by atoms with Crippen LogP contribution in [0.25, 0.3) is 0 Å². The summed E-state index contributed by atoms with van der Waals surface area (Å²) in [7, 11) is 0. The first-order chi connectivity index (χ1) is 26.7. The quantitative estimate of drug-likeness (QED) is 0.101. The van der Waals surface area contributed by atoms with E-state index in [1.165, 1.54) is 9.80 Å². The van der Waals surface area contributed by atoms with E-state index in [9.17, 15) is 19.2 Å². The van der Waals surface area contributed by atoms with Crippen molar-refractivity contribution < 1.29 is 38.1 Å². The van der Waals surface area contributed by atoms with E-state index < -0.39 is 24.0 Å². The molecule has 6 rings (SSSR count). The van der Waals surface area contributed by atoms with E-state index in [0.717, 1.165) is 11.1 Å². The van der Waals surface area contributed by atoms with E-state index in [-0.39, 0.29) is 56.3 Å². The minimum atomic E-state index is -0.876. The first-order valence-corrected chi connectivity index (χ1v) is 18.1. The maximum Gasteiger partial charge on any atom is 0.338 e. The van der Waals surface area contributed by atoms with Crippen LogP contribution in [0.5, 0.6) is 11.5 Å². The minimum Gasteiger partial charge on any atom is -0.463 e. The molecule has 0 saturated carbocycles. The number of para-hydroxylation sites is 2. The second-order valence-corrected chi connectivity index (χ2v) is 12.8. The number of nitrogens with one attached hydrogen (secondary N) is 2. The van der Waals surface area contributed by atoms with Crippen LogP contribution < -0.4 is 20.1 Å². The van der Waals surface area contributed by atoms with Gasteiger partial charge in [-0.1, -0.05) is 97.1 Å². The van der Waals surface area contributed by atoms with Gasteiger partial charge in [-0.3, -0.25) is 9.80 Å². The number of rotatable bonds is 14. The van der Waals surface area contributed by atoms with Gasteiger partial charge in [0.05, 0.1) is 49.5 Å². The molecule has 2 unspecified atom stereocenters. The van der Waals surface area contributed by atoms with Gasteiger partial charge in [-0.15, -0.1) is 0 Å². The Morgan fingerprint density at radius 2 is 0.927 bits per heavy atom. The van der Waals surface area contributed by atoms with Crippen LogP contribution in [0.2, 0.25) is 0 Å². The van der Waals surface area contributed by atoms with Crippen LogP contribution in [-0.4, -0.2) is 53.8 Å². The van der Waals surface area contributed by atoms with Crippen molar-refractivity contribution >= 4 is 24.0 Å². The zero-order valence-corrected chi connectivity index (χ0v) is 31.2. The molecule has 12 heteroatoms. The fourth-order valence-corrected chi connectivity index (χ4v) is 6.75. The first-order valence-electron chi connectivity index (χ1n) is 18.1. The van der Waals surface area contributed by atoms with E-state index in [2.05, 4.69) is 10.6 Å². The summed E-state index contributed by atoms with van der Waals surface area (Å²) in [4.78, 5) is 57.2. The van der Waals surface area contributed by atoms with E-state index in [1.807, 2.05) is 60.7 Å². The van der Waals surface area contributed by atoms with E-state index in [4.69, 9.17) is 18.9 Å². The van der Waals surface area contributed by atoms with Gasteiger partial charge in [0, 0.05) is 22.5 Å². The second kappa shape index (κ2) is 17.5. The molecular formula is C43H44N4O8. The van der Waals surface area contributed by atoms with Gasteiger partial charge in [-0.25, -0.2) is 19.2 Å². The smallest absolute Gasteiger partial charge is 0.338 e. The molecule has 2 heterocycles. The van der Waals surface area contributed by atoms with Gasteiger partial charge in [0.15, 0.2) is 0 Å². The largest absolute Gasteiger partial charge is 0.463 e. The Morgan fingerprint density at radius 1 is 0.564 bits per heavy atom. The lowest BCUT2D eigenvalue weighted by Gasteiger charge is -2.36. The maximum absolute atomic E-state index is 13.6. The van der Waals surface area contributed by atoms with Crippen molar-refractivity contribution in [2.24, 2.45) is 0 Å². The van der Waals surface area contributed by atoms with Crippen molar-refractivity contribution in [2.75, 3.05) is 20.0 Å². The van der Waals surface area contributed by atoms with E-state index in [1.54, 1.807) is 76.2 Å². The van der Waals surface area contributed by atoms with Gasteiger partial charge in [-0.2, -0.15) is 0 Å². The van der Waals surface area contributed by atoms with E-state index >= 15 is 0 Å². The van der Waals surface area contributed by atoms with Crippen molar-refractivity contribution in [3.63, 3.8) is 0 Å². The van der Waals surface area contributed by atoms with Crippen LogP contribution in [0.4, 0.5) is 9.59 Å².